The van der Waals surface area contributed by atoms with Gasteiger partial charge in [-0.25, -0.2) is 4.98 Å². The van der Waals surface area contributed by atoms with E-state index in [1.165, 1.54) is 0 Å². The molecule has 1 heterocycles. The maximum atomic E-state index is 11.3. The van der Waals surface area contributed by atoms with Crippen LogP contribution in [0.25, 0.3) is 11.1 Å². The van der Waals surface area contributed by atoms with E-state index >= 15 is 0 Å². The Balaban J connectivity index is 2.00. The maximum Gasteiger partial charge on any atom is 0.307 e. The van der Waals surface area contributed by atoms with Crippen LogP contribution in [-0.4, -0.2) is 23.2 Å². The largest absolute Gasteiger partial charge is 0.497 e. The van der Waals surface area contributed by atoms with Crippen molar-refractivity contribution in [3.63, 3.8) is 0 Å². The van der Waals surface area contributed by atoms with Crippen LogP contribution in [0.2, 0.25) is 0 Å². The highest BCUT2D eigenvalue weighted by molar-refractivity contribution is 5.75. The minimum absolute atomic E-state index is 0.212. The molecule has 2 aromatic rings. The molecular weight excluding hydrogens is 258 g/mol. The van der Waals surface area contributed by atoms with Crippen LogP contribution in [0.5, 0.6) is 5.75 Å². The predicted octanol–water partition coefficient (Wildman–Crippen LogP) is 2.97. The molecule has 1 N–H and O–H groups in total. The lowest BCUT2D eigenvalue weighted by Gasteiger charge is -2.21. The van der Waals surface area contributed by atoms with Gasteiger partial charge < -0.3 is 14.3 Å². The summed E-state index contributed by atoms with van der Waals surface area (Å²) in [6, 6.07) is 5.38. The van der Waals surface area contributed by atoms with E-state index in [1.54, 1.807) is 25.3 Å². The van der Waals surface area contributed by atoms with E-state index < -0.39 is 11.9 Å². The fourth-order valence-electron chi connectivity index (χ4n) is 2.57. The zero-order valence-corrected chi connectivity index (χ0v) is 11.1. The van der Waals surface area contributed by atoms with Gasteiger partial charge in [0.05, 0.1) is 18.9 Å². The van der Waals surface area contributed by atoms with Crippen molar-refractivity contribution in [3.8, 4) is 5.75 Å². The average Bonchev–Trinajstić information content (AvgIpc) is 2.89. The van der Waals surface area contributed by atoms with Crippen LogP contribution in [-0.2, 0) is 4.79 Å². The zero-order valence-electron chi connectivity index (χ0n) is 11.1. The average molecular weight is 273 g/mol. The molecule has 2 atom stereocenters. The fourth-order valence-corrected chi connectivity index (χ4v) is 2.57. The molecule has 0 saturated carbocycles. The summed E-state index contributed by atoms with van der Waals surface area (Å²) in [5, 5.41) is 9.30. The van der Waals surface area contributed by atoms with E-state index in [9.17, 15) is 9.90 Å². The molecule has 0 bridgehead atoms. The van der Waals surface area contributed by atoms with Gasteiger partial charge >= 0.3 is 5.97 Å². The van der Waals surface area contributed by atoms with Gasteiger partial charge in [-0.2, -0.15) is 0 Å². The molecule has 0 amide bonds. The number of oxazole rings is 1. The number of carboxylic acid groups (broad SMARTS) is 1. The summed E-state index contributed by atoms with van der Waals surface area (Å²) in [6.07, 6.45) is 5.05. The molecule has 0 aliphatic heterocycles. The van der Waals surface area contributed by atoms with Gasteiger partial charge in [0.2, 0.25) is 0 Å². The third-order valence-corrected chi connectivity index (χ3v) is 3.68. The second-order valence-corrected chi connectivity index (χ2v) is 4.88. The van der Waals surface area contributed by atoms with Crippen LogP contribution < -0.4 is 4.74 Å². The number of benzene rings is 1. The number of rotatable bonds is 3. The minimum atomic E-state index is -0.806. The number of aromatic nitrogens is 1. The number of carbonyl (C=O) groups is 1. The molecule has 1 aliphatic rings. The Kier molecular flexibility index (Phi) is 3.18. The van der Waals surface area contributed by atoms with Gasteiger partial charge in [0, 0.05) is 6.07 Å². The summed E-state index contributed by atoms with van der Waals surface area (Å²) >= 11 is 0. The van der Waals surface area contributed by atoms with Crippen molar-refractivity contribution in [1.29, 1.82) is 0 Å². The Morgan fingerprint density at radius 1 is 1.40 bits per heavy atom. The molecule has 5 heteroatoms. The molecule has 20 heavy (non-hydrogen) atoms. The first kappa shape index (κ1) is 12.7. The van der Waals surface area contributed by atoms with Crippen molar-refractivity contribution in [2.24, 2.45) is 5.92 Å². The summed E-state index contributed by atoms with van der Waals surface area (Å²) < 4.78 is 10.9. The molecule has 0 spiro atoms. The number of fused-ring (bicyclic) bond motifs is 1. The monoisotopic (exact) mass is 273 g/mol. The highest BCUT2D eigenvalue weighted by atomic mass is 16.5. The Labute approximate surface area is 115 Å². The Hall–Kier alpha value is -2.30. The summed E-state index contributed by atoms with van der Waals surface area (Å²) in [6.45, 7) is 0. The summed E-state index contributed by atoms with van der Waals surface area (Å²) in [4.78, 5) is 15.8. The predicted molar refractivity (Wildman–Crippen MR) is 72.8 cm³/mol. The Bertz CT molecular complexity index is 674. The van der Waals surface area contributed by atoms with E-state index in [0.717, 1.165) is 0 Å². The molecule has 1 aromatic carbocycles. The first-order valence-electron chi connectivity index (χ1n) is 6.51. The lowest BCUT2D eigenvalue weighted by atomic mass is 9.83. The normalized spacial score (nSPS) is 22.1. The minimum Gasteiger partial charge on any atom is -0.497 e. The number of methoxy groups -OCH3 is 1. The van der Waals surface area contributed by atoms with Gasteiger partial charge in [0.15, 0.2) is 11.5 Å². The molecule has 3 rings (SSSR count). The number of allylic oxidation sites excluding steroid dienone is 2. The van der Waals surface area contributed by atoms with Crippen LogP contribution in [0.15, 0.2) is 34.8 Å². The van der Waals surface area contributed by atoms with E-state index in [1.807, 2.05) is 12.2 Å². The Morgan fingerprint density at radius 2 is 2.20 bits per heavy atom. The van der Waals surface area contributed by atoms with Crippen molar-refractivity contribution in [3.05, 3.63) is 36.2 Å². The van der Waals surface area contributed by atoms with Crippen LogP contribution in [0, 0.1) is 5.92 Å². The summed E-state index contributed by atoms with van der Waals surface area (Å²) in [5.74, 6) is -0.300. The molecule has 0 saturated heterocycles. The van der Waals surface area contributed by atoms with Crippen LogP contribution in [0.4, 0.5) is 0 Å². The fraction of sp³-hybridized carbons (Fsp3) is 0.333. The molecule has 0 fully saturated rings. The second kappa shape index (κ2) is 5.00. The van der Waals surface area contributed by atoms with Crippen molar-refractivity contribution in [1.82, 2.24) is 4.98 Å². The van der Waals surface area contributed by atoms with Crippen molar-refractivity contribution in [2.75, 3.05) is 7.11 Å². The molecule has 104 valence electrons. The van der Waals surface area contributed by atoms with E-state index in [-0.39, 0.29) is 5.92 Å². The van der Waals surface area contributed by atoms with Crippen LogP contribution in [0.1, 0.15) is 24.7 Å². The van der Waals surface area contributed by atoms with Gasteiger partial charge in [0.25, 0.3) is 0 Å². The number of hydrogen-bond donors (Lipinski definition) is 1. The van der Waals surface area contributed by atoms with Crippen LogP contribution in [0.3, 0.4) is 0 Å². The highest BCUT2D eigenvalue weighted by Crippen LogP contribution is 2.36. The van der Waals surface area contributed by atoms with Gasteiger partial charge in [-0.15, -0.1) is 0 Å². The molecule has 1 aromatic heterocycles. The number of carboxylic acids is 1. The lowest BCUT2D eigenvalue weighted by Crippen LogP contribution is -2.23. The number of nitrogens with zero attached hydrogens (tertiary/aromatic N) is 1. The van der Waals surface area contributed by atoms with Gasteiger partial charge in [-0.1, -0.05) is 12.2 Å². The van der Waals surface area contributed by atoms with Crippen LogP contribution >= 0.6 is 0 Å². The third-order valence-electron chi connectivity index (χ3n) is 3.68. The van der Waals surface area contributed by atoms with Gasteiger partial charge in [0.1, 0.15) is 11.3 Å². The second-order valence-electron chi connectivity index (χ2n) is 4.88. The Morgan fingerprint density at radius 3 is 2.95 bits per heavy atom. The van der Waals surface area contributed by atoms with Gasteiger partial charge in [-0.3, -0.25) is 4.79 Å². The SMILES string of the molecule is COc1ccc2oc([C@@H]3CC=CC[C@@H]3C(=O)O)nc2c1. The standard InChI is InChI=1S/C15H15NO4/c1-19-9-6-7-13-12(8-9)16-14(20-13)10-4-2-3-5-11(10)15(17)18/h2-3,6-8,10-11H,4-5H2,1H3,(H,17,18)/t10-,11+/m1/s1. The molecule has 0 unspecified atom stereocenters. The molecule has 1 aliphatic carbocycles. The number of hydrogen-bond acceptors (Lipinski definition) is 4. The third kappa shape index (κ3) is 2.15. The molecule has 0 radical (unpaired) electrons. The topological polar surface area (TPSA) is 72.6 Å². The maximum absolute atomic E-state index is 11.3. The smallest absolute Gasteiger partial charge is 0.307 e. The zero-order chi connectivity index (χ0) is 14.1. The molecular formula is C15H15NO4. The quantitative estimate of drug-likeness (QED) is 0.870. The lowest BCUT2D eigenvalue weighted by molar-refractivity contribution is -0.142. The summed E-state index contributed by atoms with van der Waals surface area (Å²) in [5.41, 5.74) is 1.34. The van der Waals surface area contributed by atoms with E-state index in [2.05, 4.69) is 4.98 Å². The van der Waals surface area contributed by atoms with Crippen molar-refractivity contribution in [2.45, 2.75) is 18.8 Å². The molecule has 5 nitrogen and oxygen atoms in total. The summed E-state index contributed by atoms with van der Waals surface area (Å²) in [7, 11) is 1.59. The van der Waals surface area contributed by atoms with Crippen molar-refractivity contribution >= 4 is 17.1 Å². The van der Waals surface area contributed by atoms with Gasteiger partial charge in [-0.05, 0) is 25.0 Å². The van der Waals surface area contributed by atoms with E-state index in [0.29, 0.717) is 35.6 Å². The first-order valence-corrected chi connectivity index (χ1v) is 6.51. The van der Waals surface area contributed by atoms with Crippen molar-refractivity contribution < 1.29 is 19.1 Å². The number of aliphatic carboxylic acids is 1. The van der Waals surface area contributed by atoms with E-state index in [4.69, 9.17) is 9.15 Å². The first-order chi connectivity index (χ1) is 9.69. The highest BCUT2D eigenvalue weighted by Gasteiger charge is 2.33. The number of ether oxygens (including phenoxy) is 1.